The molecule has 2 rings (SSSR count). The number of hydrogen-bond donors (Lipinski definition) is 3. The largest absolute Gasteiger partial charge is 0.484 e. The predicted molar refractivity (Wildman–Crippen MR) is 99.6 cm³/mol. The van der Waals surface area contributed by atoms with Gasteiger partial charge in [0.2, 0.25) is 0 Å². The number of hydrogen-bond acceptors (Lipinski definition) is 3. The number of halogens is 1. The normalized spacial score (nSPS) is 11.0. The Bertz CT molecular complexity index is 749. The highest BCUT2D eigenvalue weighted by molar-refractivity contribution is 6.30. The topological polar surface area (TPSA) is 88.7 Å². The maximum absolute atomic E-state index is 10.8. The maximum atomic E-state index is 10.8. The molecule has 0 atom stereocenters. The molecule has 0 radical (unpaired) electrons. The molecule has 4 N–H and O–H groups in total. The molecule has 6 nitrogen and oxygen atoms in total. The first-order valence-electron chi connectivity index (χ1n) is 7.76. The third-order valence-electron chi connectivity index (χ3n) is 3.31. The second-order valence-electron chi connectivity index (χ2n) is 5.31. The molecule has 0 aliphatic heterocycles. The van der Waals surface area contributed by atoms with E-state index in [4.69, 9.17) is 22.1 Å². The Morgan fingerprint density at radius 3 is 2.36 bits per heavy atom. The number of rotatable bonds is 7. The molecule has 7 heteroatoms. The standard InChI is InChI=1S/C18H21ClN4O2/c1-21-18(22-10-13-4-2-6-15(19)8-13)23-11-14-5-3-7-16(9-14)25-12-17(20)24/h2-9H,10-12H2,1H3,(H2,20,24)(H2,21,22,23). The first-order chi connectivity index (χ1) is 12.1. The zero-order chi connectivity index (χ0) is 18.1. The molecule has 0 fully saturated rings. The summed E-state index contributed by atoms with van der Waals surface area (Å²) in [6, 6.07) is 15.1. The van der Waals surface area contributed by atoms with Crippen molar-refractivity contribution in [3.8, 4) is 5.75 Å². The average molecular weight is 361 g/mol. The van der Waals surface area contributed by atoms with Gasteiger partial charge >= 0.3 is 0 Å². The summed E-state index contributed by atoms with van der Waals surface area (Å²) in [5.41, 5.74) is 7.14. The molecule has 0 aliphatic carbocycles. The van der Waals surface area contributed by atoms with Crippen molar-refractivity contribution >= 4 is 23.5 Å². The lowest BCUT2D eigenvalue weighted by atomic mass is 10.2. The highest BCUT2D eigenvalue weighted by atomic mass is 35.5. The second-order valence-corrected chi connectivity index (χ2v) is 5.75. The van der Waals surface area contributed by atoms with Crippen LogP contribution in [0.3, 0.4) is 0 Å². The Hall–Kier alpha value is -2.73. The Kier molecular flexibility index (Phi) is 7.10. The summed E-state index contributed by atoms with van der Waals surface area (Å²) < 4.78 is 5.30. The minimum atomic E-state index is -0.505. The number of carbonyl (C=O) groups is 1. The summed E-state index contributed by atoms with van der Waals surface area (Å²) in [6.45, 7) is 1.03. The molecule has 0 saturated heterocycles. The van der Waals surface area contributed by atoms with Crippen LogP contribution in [0.25, 0.3) is 0 Å². The SMILES string of the molecule is CN=C(NCc1cccc(Cl)c1)NCc1cccc(OCC(N)=O)c1. The van der Waals surface area contributed by atoms with E-state index in [1.54, 1.807) is 13.1 Å². The minimum absolute atomic E-state index is 0.139. The second kappa shape index (κ2) is 9.54. The van der Waals surface area contributed by atoms with Crippen molar-refractivity contribution in [1.82, 2.24) is 10.6 Å². The van der Waals surface area contributed by atoms with Crippen LogP contribution in [0.15, 0.2) is 53.5 Å². The third kappa shape index (κ3) is 6.73. The summed E-state index contributed by atoms with van der Waals surface area (Å²) >= 11 is 5.98. The van der Waals surface area contributed by atoms with Crippen LogP contribution < -0.4 is 21.1 Å². The number of primary amides is 1. The van der Waals surface area contributed by atoms with Crippen molar-refractivity contribution in [2.24, 2.45) is 10.7 Å². The fraction of sp³-hybridized carbons (Fsp3) is 0.222. The van der Waals surface area contributed by atoms with E-state index in [0.29, 0.717) is 29.8 Å². The van der Waals surface area contributed by atoms with Crippen LogP contribution in [0.1, 0.15) is 11.1 Å². The highest BCUT2D eigenvalue weighted by Gasteiger charge is 2.02. The molecule has 2 aromatic carbocycles. The van der Waals surface area contributed by atoms with Crippen LogP contribution in [0.4, 0.5) is 0 Å². The highest BCUT2D eigenvalue weighted by Crippen LogP contribution is 2.13. The lowest BCUT2D eigenvalue weighted by Gasteiger charge is -2.13. The van der Waals surface area contributed by atoms with Gasteiger partial charge in [0, 0.05) is 25.2 Å². The molecule has 2 aromatic rings. The molecule has 0 heterocycles. The maximum Gasteiger partial charge on any atom is 0.255 e. The Morgan fingerprint density at radius 1 is 1.12 bits per heavy atom. The van der Waals surface area contributed by atoms with E-state index in [1.807, 2.05) is 42.5 Å². The van der Waals surface area contributed by atoms with E-state index in [1.165, 1.54) is 0 Å². The van der Waals surface area contributed by atoms with Crippen molar-refractivity contribution in [2.45, 2.75) is 13.1 Å². The van der Waals surface area contributed by atoms with Crippen LogP contribution in [-0.4, -0.2) is 25.5 Å². The van der Waals surface area contributed by atoms with Gasteiger partial charge in [0.15, 0.2) is 12.6 Å². The number of benzene rings is 2. The molecular weight excluding hydrogens is 340 g/mol. The van der Waals surface area contributed by atoms with Gasteiger partial charge in [-0.15, -0.1) is 0 Å². The summed E-state index contributed by atoms with van der Waals surface area (Å²) in [7, 11) is 1.71. The number of amides is 1. The van der Waals surface area contributed by atoms with Crippen LogP contribution in [0, 0.1) is 0 Å². The van der Waals surface area contributed by atoms with Gasteiger partial charge in [0.05, 0.1) is 0 Å². The number of guanidine groups is 1. The van der Waals surface area contributed by atoms with Gasteiger partial charge in [-0.2, -0.15) is 0 Å². The number of aliphatic imine (C=N–C) groups is 1. The molecule has 132 valence electrons. The lowest BCUT2D eigenvalue weighted by Crippen LogP contribution is -2.36. The van der Waals surface area contributed by atoms with Gasteiger partial charge in [0.25, 0.3) is 5.91 Å². The Morgan fingerprint density at radius 2 is 1.76 bits per heavy atom. The van der Waals surface area contributed by atoms with Gasteiger partial charge in [-0.1, -0.05) is 35.9 Å². The van der Waals surface area contributed by atoms with E-state index < -0.39 is 5.91 Å². The van der Waals surface area contributed by atoms with Gasteiger partial charge in [-0.05, 0) is 35.4 Å². The molecule has 0 unspecified atom stereocenters. The van der Waals surface area contributed by atoms with Gasteiger partial charge in [0.1, 0.15) is 5.75 Å². The lowest BCUT2D eigenvalue weighted by molar-refractivity contribution is -0.119. The van der Waals surface area contributed by atoms with Crippen molar-refractivity contribution < 1.29 is 9.53 Å². The number of nitrogens with one attached hydrogen (secondary N) is 2. The first kappa shape index (κ1) is 18.6. The smallest absolute Gasteiger partial charge is 0.255 e. The average Bonchev–Trinajstić information content (AvgIpc) is 2.60. The number of nitrogens with two attached hydrogens (primary N) is 1. The number of nitrogens with zero attached hydrogens (tertiary/aromatic N) is 1. The van der Waals surface area contributed by atoms with Crippen LogP contribution in [-0.2, 0) is 17.9 Å². The first-order valence-corrected chi connectivity index (χ1v) is 8.13. The van der Waals surface area contributed by atoms with Crippen molar-refractivity contribution in [1.29, 1.82) is 0 Å². The van der Waals surface area contributed by atoms with Crippen molar-refractivity contribution in [3.05, 3.63) is 64.7 Å². The van der Waals surface area contributed by atoms with Crippen LogP contribution in [0.2, 0.25) is 5.02 Å². The zero-order valence-electron chi connectivity index (χ0n) is 14.0. The molecule has 0 aromatic heterocycles. The summed E-state index contributed by atoms with van der Waals surface area (Å²) in [6.07, 6.45) is 0. The van der Waals surface area contributed by atoms with E-state index in [0.717, 1.165) is 11.1 Å². The Balaban J connectivity index is 1.86. The molecule has 25 heavy (non-hydrogen) atoms. The van der Waals surface area contributed by atoms with E-state index >= 15 is 0 Å². The van der Waals surface area contributed by atoms with Crippen LogP contribution in [0.5, 0.6) is 5.75 Å². The number of carbonyl (C=O) groups excluding carboxylic acids is 1. The quantitative estimate of drug-likeness (QED) is 0.521. The van der Waals surface area contributed by atoms with Crippen LogP contribution >= 0.6 is 11.6 Å². The van der Waals surface area contributed by atoms with Gasteiger partial charge < -0.3 is 21.1 Å². The Labute approximate surface area is 152 Å². The van der Waals surface area contributed by atoms with E-state index in [2.05, 4.69) is 15.6 Å². The van der Waals surface area contributed by atoms with E-state index in [9.17, 15) is 4.79 Å². The molecule has 0 aliphatic rings. The zero-order valence-corrected chi connectivity index (χ0v) is 14.7. The molecule has 0 bridgehead atoms. The molecule has 0 spiro atoms. The molecule has 0 saturated carbocycles. The van der Waals surface area contributed by atoms with Gasteiger partial charge in [-0.3, -0.25) is 9.79 Å². The van der Waals surface area contributed by atoms with Gasteiger partial charge in [-0.25, -0.2) is 0 Å². The fourth-order valence-corrected chi connectivity index (χ4v) is 2.35. The summed E-state index contributed by atoms with van der Waals surface area (Å²) in [4.78, 5) is 15.0. The monoisotopic (exact) mass is 360 g/mol. The molecule has 1 amide bonds. The molecular formula is C18H21ClN4O2. The fourth-order valence-electron chi connectivity index (χ4n) is 2.14. The van der Waals surface area contributed by atoms with Crippen molar-refractivity contribution in [2.75, 3.05) is 13.7 Å². The number of ether oxygens (including phenoxy) is 1. The summed E-state index contributed by atoms with van der Waals surface area (Å²) in [5, 5.41) is 7.15. The predicted octanol–water partition coefficient (Wildman–Crippen LogP) is 2.07. The summed E-state index contributed by atoms with van der Waals surface area (Å²) in [5.74, 6) is 0.762. The van der Waals surface area contributed by atoms with Crippen molar-refractivity contribution in [3.63, 3.8) is 0 Å². The minimum Gasteiger partial charge on any atom is -0.484 e. The third-order valence-corrected chi connectivity index (χ3v) is 3.55. The van der Waals surface area contributed by atoms with E-state index in [-0.39, 0.29) is 6.61 Å².